The first-order valence-electron chi connectivity index (χ1n) is 7.93. The van der Waals surface area contributed by atoms with Gasteiger partial charge < -0.3 is 10.1 Å². The van der Waals surface area contributed by atoms with E-state index < -0.39 is 0 Å². The SMILES string of the molecule is CCCCCCOc1cc(F)cc(C2CCNCC2)c1.Cl. The maximum absolute atomic E-state index is 13.7. The quantitative estimate of drug-likeness (QED) is 0.738. The largest absolute Gasteiger partial charge is 0.493 e. The van der Waals surface area contributed by atoms with Gasteiger partial charge in [-0.25, -0.2) is 4.39 Å². The molecule has 0 aromatic heterocycles. The number of ether oxygens (including phenoxy) is 1. The summed E-state index contributed by atoms with van der Waals surface area (Å²) in [5, 5.41) is 3.34. The number of rotatable bonds is 7. The maximum Gasteiger partial charge on any atom is 0.127 e. The summed E-state index contributed by atoms with van der Waals surface area (Å²) >= 11 is 0. The molecule has 1 aliphatic heterocycles. The zero-order valence-electron chi connectivity index (χ0n) is 12.9. The van der Waals surface area contributed by atoms with Crippen LogP contribution in [0.2, 0.25) is 0 Å². The highest BCUT2D eigenvalue weighted by atomic mass is 35.5. The highest BCUT2D eigenvalue weighted by Crippen LogP contribution is 2.29. The Morgan fingerprint density at radius 2 is 1.90 bits per heavy atom. The second-order valence-electron chi connectivity index (χ2n) is 5.65. The molecule has 0 atom stereocenters. The number of halogens is 2. The van der Waals surface area contributed by atoms with Gasteiger partial charge >= 0.3 is 0 Å². The van der Waals surface area contributed by atoms with Crippen LogP contribution in [0.3, 0.4) is 0 Å². The minimum Gasteiger partial charge on any atom is -0.493 e. The molecular weight excluding hydrogens is 289 g/mol. The molecule has 1 aromatic rings. The van der Waals surface area contributed by atoms with Gasteiger partial charge in [-0.1, -0.05) is 26.2 Å². The monoisotopic (exact) mass is 315 g/mol. The molecule has 0 amide bonds. The van der Waals surface area contributed by atoms with E-state index in [1.54, 1.807) is 6.07 Å². The Hall–Kier alpha value is -0.800. The Bertz CT molecular complexity index is 408. The molecule has 0 bridgehead atoms. The van der Waals surface area contributed by atoms with Gasteiger partial charge in [-0.15, -0.1) is 12.4 Å². The molecule has 4 heteroatoms. The number of unbranched alkanes of at least 4 members (excludes halogenated alkanes) is 3. The normalized spacial score (nSPS) is 15.5. The number of hydrogen-bond donors (Lipinski definition) is 1. The number of piperidine rings is 1. The average Bonchev–Trinajstić information content (AvgIpc) is 2.47. The van der Waals surface area contributed by atoms with Gasteiger partial charge in [0.25, 0.3) is 0 Å². The second-order valence-corrected chi connectivity index (χ2v) is 5.65. The highest BCUT2D eigenvalue weighted by Gasteiger charge is 2.16. The molecule has 0 radical (unpaired) electrons. The Labute approximate surface area is 133 Å². The lowest BCUT2D eigenvalue weighted by Crippen LogP contribution is -2.26. The molecule has 1 heterocycles. The van der Waals surface area contributed by atoms with Crippen molar-refractivity contribution in [2.45, 2.75) is 51.4 Å². The van der Waals surface area contributed by atoms with Crippen molar-refractivity contribution in [2.24, 2.45) is 0 Å². The van der Waals surface area contributed by atoms with Gasteiger partial charge in [0.05, 0.1) is 6.61 Å². The molecule has 120 valence electrons. The maximum atomic E-state index is 13.7. The van der Waals surface area contributed by atoms with E-state index in [0.29, 0.717) is 18.3 Å². The van der Waals surface area contributed by atoms with Crippen LogP contribution in [-0.4, -0.2) is 19.7 Å². The summed E-state index contributed by atoms with van der Waals surface area (Å²) < 4.78 is 19.4. The predicted molar refractivity (Wildman–Crippen MR) is 88.1 cm³/mol. The van der Waals surface area contributed by atoms with Crippen LogP contribution < -0.4 is 10.1 Å². The standard InChI is InChI=1S/C17H26FNO.ClH/c1-2-3-4-5-10-20-17-12-15(11-16(18)13-17)14-6-8-19-9-7-14;/h11-14,19H,2-10H2,1H3;1H. The van der Waals surface area contributed by atoms with Gasteiger partial charge in [0.2, 0.25) is 0 Å². The summed E-state index contributed by atoms with van der Waals surface area (Å²) in [5.74, 6) is 0.981. The molecule has 1 saturated heterocycles. The van der Waals surface area contributed by atoms with E-state index in [4.69, 9.17) is 4.74 Å². The molecule has 1 aliphatic rings. The van der Waals surface area contributed by atoms with Gasteiger partial charge in [-0.2, -0.15) is 0 Å². The van der Waals surface area contributed by atoms with Crippen LogP contribution in [0, 0.1) is 5.82 Å². The average molecular weight is 316 g/mol. The van der Waals surface area contributed by atoms with E-state index in [1.165, 1.54) is 25.3 Å². The molecule has 1 N–H and O–H groups in total. The van der Waals surface area contributed by atoms with E-state index in [-0.39, 0.29) is 18.2 Å². The van der Waals surface area contributed by atoms with Crippen molar-refractivity contribution in [1.82, 2.24) is 5.32 Å². The number of benzene rings is 1. The lowest BCUT2D eigenvalue weighted by atomic mass is 9.90. The van der Waals surface area contributed by atoms with Gasteiger partial charge in [0.15, 0.2) is 0 Å². The second kappa shape index (κ2) is 10.0. The summed E-state index contributed by atoms with van der Waals surface area (Å²) in [5.41, 5.74) is 1.09. The van der Waals surface area contributed by atoms with E-state index >= 15 is 0 Å². The number of nitrogens with one attached hydrogen (secondary N) is 1. The fourth-order valence-electron chi connectivity index (χ4n) is 2.78. The van der Waals surface area contributed by atoms with Crippen molar-refractivity contribution in [3.63, 3.8) is 0 Å². The Balaban J connectivity index is 0.00000220. The molecule has 0 saturated carbocycles. The third-order valence-electron chi connectivity index (χ3n) is 3.97. The van der Waals surface area contributed by atoms with Crippen LogP contribution in [0.1, 0.15) is 56.9 Å². The Morgan fingerprint density at radius 1 is 1.14 bits per heavy atom. The van der Waals surface area contributed by atoms with Crippen LogP contribution in [0.5, 0.6) is 5.75 Å². The molecule has 0 spiro atoms. The zero-order chi connectivity index (χ0) is 14.2. The van der Waals surface area contributed by atoms with Crippen LogP contribution in [-0.2, 0) is 0 Å². The van der Waals surface area contributed by atoms with E-state index in [1.807, 2.05) is 6.07 Å². The van der Waals surface area contributed by atoms with Crippen molar-refractivity contribution >= 4 is 12.4 Å². The van der Waals surface area contributed by atoms with Crippen molar-refractivity contribution < 1.29 is 9.13 Å². The molecule has 1 fully saturated rings. The lowest BCUT2D eigenvalue weighted by molar-refractivity contribution is 0.302. The summed E-state index contributed by atoms with van der Waals surface area (Å²) in [7, 11) is 0. The third kappa shape index (κ3) is 6.23. The first kappa shape index (κ1) is 18.2. The van der Waals surface area contributed by atoms with E-state index in [9.17, 15) is 4.39 Å². The molecule has 21 heavy (non-hydrogen) atoms. The van der Waals surface area contributed by atoms with E-state index in [2.05, 4.69) is 12.2 Å². The molecule has 2 nitrogen and oxygen atoms in total. The molecule has 0 aliphatic carbocycles. The Morgan fingerprint density at radius 3 is 2.62 bits per heavy atom. The van der Waals surface area contributed by atoms with Gasteiger partial charge in [0, 0.05) is 6.07 Å². The fourth-order valence-corrected chi connectivity index (χ4v) is 2.78. The lowest BCUT2D eigenvalue weighted by Gasteiger charge is -2.23. The van der Waals surface area contributed by atoms with Gasteiger partial charge in [-0.3, -0.25) is 0 Å². The summed E-state index contributed by atoms with van der Waals surface area (Å²) in [6, 6.07) is 5.20. The van der Waals surface area contributed by atoms with Crippen LogP contribution in [0.4, 0.5) is 4.39 Å². The van der Waals surface area contributed by atoms with Crippen LogP contribution in [0.25, 0.3) is 0 Å². The summed E-state index contributed by atoms with van der Waals surface area (Å²) in [6.07, 6.45) is 6.87. The smallest absolute Gasteiger partial charge is 0.127 e. The Kier molecular flexibility index (Phi) is 8.70. The fraction of sp³-hybridized carbons (Fsp3) is 0.647. The highest BCUT2D eigenvalue weighted by molar-refractivity contribution is 5.85. The van der Waals surface area contributed by atoms with Crippen molar-refractivity contribution in [3.05, 3.63) is 29.6 Å². The number of hydrogen-bond acceptors (Lipinski definition) is 2. The third-order valence-corrected chi connectivity index (χ3v) is 3.97. The molecule has 1 aromatic carbocycles. The topological polar surface area (TPSA) is 21.3 Å². The zero-order valence-corrected chi connectivity index (χ0v) is 13.7. The van der Waals surface area contributed by atoms with Crippen LogP contribution in [0.15, 0.2) is 18.2 Å². The van der Waals surface area contributed by atoms with Gasteiger partial charge in [0.1, 0.15) is 11.6 Å². The van der Waals surface area contributed by atoms with Crippen molar-refractivity contribution in [3.8, 4) is 5.75 Å². The van der Waals surface area contributed by atoms with Crippen LogP contribution >= 0.6 is 12.4 Å². The first-order chi connectivity index (χ1) is 9.79. The summed E-state index contributed by atoms with van der Waals surface area (Å²) in [6.45, 7) is 4.93. The first-order valence-corrected chi connectivity index (χ1v) is 7.93. The minimum absolute atomic E-state index is 0. The molecular formula is C17H27ClFNO. The summed E-state index contributed by atoms with van der Waals surface area (Å²) in [4.78, 5) is 0. The molecule has 0 unspecified atom stereocenters. The van der Waals surface area contributed by atoms with Crippen molar-refractivity contribution in [2.75, 3.05) is 19.7 Å². The molecule has 2 rings (SSSR count). The van der Waals surface area contributed by atoms with Gasteiger partial charge in [-0.05, 0) is 56.0 Å². The predicted octanol–water partition coefficient (Wildman–Crippen LogP) is 4.67. The van der Waals surface area contributed by atoms with Crippen molar-refractivity contribution in [1.29, 1.82) is 0 Å². The minimum atomic E-state index is -0.176. The van der Waals surface area contributed by atoms with E-state index in [0.717, 1.165) is 37.9 Å².